The Morgan fingerprint density at radius 3 is 3.00 bits per heavy atom. The van der Waals surface area contributed by atoms with Crippen LogP contribution in [0.25, 0.3) is 0 Å². The number of alkyl halides is 1. The molecular weight excluding hydrogens is 141 g/mol. The van der Waals surface area contributed by atoms with Gasteiger partial charge in [-0.05, 0) is 0 Å². The van der Waals surface area contributed by atoms with Gasteiger partial charge in [0.05, 0.1) is 6.20 Å². The molecule has 1 rings (SSSR count). The number of aromatic nitrogens is 1. The van der Waals surface area contributed by atoms with Crippen LogP contribution >= 0.6 is 0 Å². The number of carboxylic acids is 1. The average Bonchev–Trinajstić information content (AvgIpc) is 2.33. The van der Waals surface area contributed by atoms with Crippen LogP contribution in [0.4, 0.5) is 4.39 Å². The van der Waals surface area contributed by atoms with E-state index in [-0.39, 0.29) is 11.3 Å². The van der Waals surface area contributed by atoms with E-state index in [4.69, 9.17) is 5.11 Å². The Hall–Kier alpha value is -1.39. The molecule has 1 aromatic rings. The van der Waals surface area contributed by atoms with Gasteiger partial charge in [-0.25, -0.2) is 9.18 Å². The normalized spacial score (nSPS) is 9.70. The highest BCUT2D eigenvalue weighted by Crippen LogP contribution is 2.08. The van der Waals surface area contributed by atoms with E-state index in [1.165, 1.54) is 0 Å². The molecule has 5 heteroatoms. The van der Waals surface area contributed by atoms with Gasteiger partial charge in [0.15, 0.2) is 12.4 Å². The van der Waals surface area contributed by atoms with E-state index in [1.54, 1.807) is 0 Å². The standard InChI is InChI=1S/C5H4FNO3/c6-1-4-3(5(8)9)2-7-10-4/h2H,1H2,(H,8,9). The molecule has 0 aliphatic heterocycles. The van der Waals surface area contributed by atoms with Crippen molar-refractivity contribution < 1.29 is 18.8 Å². The predicted molar refractivity (Wildman–Crippen MR) is 28.3 cm³/mol. The maximum absolute atomic E-state index is 11.8. The minimum atomic E-state index is -1.23. The van der Waals surface area contributed by atoms with Crippen molar-refractivity contribution in [2.45, 2.75) is 6.67 Å². The van der Waals surface area contributed by atoms with E-state index in [0.717, 1.165) is 6.20 Å². The van der Waals surface area contributed by atoms with E-state index in [2.05, 4.69) is 9.68 Å². The molecule has 1 heterocycles. The number of carboxylic acid groups (broad SMARTS) is 1. The molecule has 0 fully saturated rings. The van der Waals surface area contributed by atoms with Crippen molar-refractivity contribution in [2.24, 2.45) is 0 Å². The average molecular weight is 145 g/mol. The smallest absolute Gasteiger partial charge is 0.341 e. The lowest BCUT2D eigenvalue weighted by atomic mass is 10.3. The number of nitrogens with zero attached hydrogens (tertiary/aromatic N) is 1. The lowest BCUT2D eigenvalue weighted by Gasteiger charge is -1.85. The second kappa shape index (κ2) is 2.47. The monoisotopic (exact) mass is 145 g/mol. The molecule has 4 nitrogen and oxygen atoms in total. The van der Waals surface area contributed by atoms with Crippen LogP contribution in [-0.4, -0.2) is 16.2 Å². The van der Waals surface area contributed by atoms with Gasteiger partial charge >= 0.3 is 5.97 Å². The van der Waals surface area contributed by atoms with Gasteiger partial charge in [0.2, 0.25) is 0 Å². The molecule has 1 N–H and O–H groups in total. The van der Waals surface area contributed by atoms with E-state index in [0.29, 0.717) is 0 Å². The molecule has 0 unspecified atom stereocenters. The first-order valence-electron chi connectivity index (χ1n) is 2.48. The van der Waals surface area contributed by atoms with Gasteiger partial charge in [0.25, 0.3) is 0 Å². The van der Waals surface area contributed by atoms with E-state index < -0.39 is 12.6 Å². The third-order valence-electron chi connectivity index (χ3n) is 0.997. The van der Waals surface area contributed by atoms with Crippen LogP contribution < -0.4 is 0 Å². The summed E-state index contributed by atoms with van der Waals surface area (Å²) in [5.41, 5.74) is -0.220. The lowest BCUT2D eigenvalue weighted by molar-refractivity contribution is 0.0693. The van der Waals surface area contributed by atoms with Crippen molar-refractivity contribution in [3.05, 3.63) is 17.5 Å². The SMILES string of the molecule is O=C(O)c1cnoc1CF. The zero-order valence-electron chi connectivity index (χ0n) is 4.87. The van der Waals surface area contributed by atoms with Crippen LogP contribution in [0.5, 0.6) is 0 Å². The summed E-state index contributed by atoms with van der Waals surface area (Å²) in [5.74, 6) is -1.47. The topological polar surface area (TPSA) is 63.3 Å². The molecule has 0 atom stereocenters. The molecule has 0 spiro atoms. The summed E-state index contributed by atoms with van der Waals surface area (Å²) >= 11 is 0. The molecule has 0 aromatic carbocycles. The minimum absolute atomic E-state index is 0.220. The van der Waals surface area contributed by atoms with Crippen LogP contribution in [0.3, 0.4) is 0 Å². The largest absolute Gasteiger partial charge is 0.478 e. The third kappa shape index (κ3) is 0.975. The number of halogens is 1. The first-order chi connectivity index (χ1) is 4.75. The van der Waals surface area contributed by atoms with Crippen molar-refractivity contribution in [1.29, 1.82) is 0 Å². The molecule has 0 aliphatic carbocycles. The third-order valence-corrected chi connectivity index (χ3v) is 0.997. The van der Waals surface area contributed by atoms with Crippen molar-refractivity contribution in [1.82, 2.24) is 5.16 Å². The van der Waals surface area contributed by atoms with Crippen molar-refractivity contribution in [2.75, 3.05) is 0 Å². The van der Waals surface area contributed by atoms with E-state index in [9.17, 15) is 9.18 Å². The van der Waals surface area contributed by atoms with Crippen LogP contribution in [0.2, 0.25) is 0 Å². The summed E-state index contributed by atoms with van der Waals surface area (Å²) in [5, 5.41) is 11.4. The second-order valence-electron chi connectivity index (χ2n) is 1.60. The Labute approximate surface area is 55.2 Å². The summed E-state index contributed by atoms with van der Waals surface area (Å²) in [7, 11) is 0. The molecule has 0 amide bonds. The van der Waals surface area contributed by atoms with Gasteiger partial charge in [-0.15, -0.1) is 0 Å². The molecule has 1 aromatic heterocycles. The number of hydrogen-bond donors (Lipinski definition) is 1. The second-order valence-corrected chi connectivity index (χ2v) is 1.60. The van der Waals surface area contributed by atoms with Crippen LogP contribution in [0.1, 0.15) is 16.1 Å². The van der Waals surface area contributed by atoms with Crippen molar-refractivity contribution in [3.8, 4) is 0 Å². The Kier molecular flexibility index (Phi) is 1.66. The number of aromatic carboxylic acids is 1. The Morgan fingerprint density at radius 2 is 2.60 bits per heavy atom. The summed E-state index contributed by atoms with van der Waals surface area (Å²) in [6.07, 6.45) is 0.969. The van der Waals surface area contributed by atoms with Gasteiger partial charge in [-0.3, -0.25) is 0 Å². The molecule has 10 heavy (non-hydrogen) atoms. The summed E-state index contributed by atoms with van der Waals surface area (Å²) in [6.45, 7) is -0.943. The molecule has 0 saturated heterocycles. The summed E-state index contributed by atoms with van der Waals surface area (Å²) < 4.78 is 16.1. The highest BCUT2D eigenvalue weighted by molar-refractivity contribution is 5.88. The van der Waals surface area contributed by atoms with E-state index >= 15 is 0 Å². The molecule has 54 valence electrons. The van der Waals surface area contributed by atoms with Crippen LogP contribution in [0, 0.1) is 0 Å². The Balaban J connectivity index is 3.01. The summed E-state index contributed by atoms with van der Waals surface area (Å²) in [4.78, 5) is 10.2. The van der Waals surface area contributed by atoms with Gasteiger partial charge < -0.3 is 9.63 Å². The summed E-state index contributed by atoms with van der Waals surface area (Å²) in [6, 6.07) is 0. The van der Waals surface area contributed by atoms with Crippen LogP contribution in [-0.2, 0) is 6.67 Å². The highest BCUT2D eigenvalue weighted by Gasteiger charge is 2.13. The first kappa shape index (κ1) is 6.73. The van der Waals surface area contributed by atoms with Gasteiger partial charge in [0.1, 0.15) is 5.56 Å². The molecule has 0 saturated carbocycles. The molecular formula is C5H4FNO3. The Morgan fingerprint density at radius 1 is 1.90 bits per heavy atom. The first-order valence-corrected chi connectivity index (χ1v) is 2.48. The van der Waals surface area contributed by atoms with E-state index in [1.807, 2.05) is 0 Å². The highest BCUT2D eigenvalue weighted by atomic mass is 19.1. The maximum atomic E-state index is 11.8. The fraction of sp³-hybridized carbons (Fsp3) is 0.200. The zero-order chi connectivity index (χ0) is 7.56. The quantitative estimate of drug-likeness (QED) is 0.669. The minimum Gasteiger partial charge on any atom is -0.478 e. The molecule has 0 bridgehead atoms. The van der Waals surface area contributed by atoms with Crippen molar-refractivity contribution >= 4 is 5.97 Å². The molecule has 0 radical (unpaired) electrons. The maximum Gasteiger partial charge on any atom is 0.341 e. The fourth-order valence-corrected chi connectivity index (χ4v) is 0.535. The van der Waals surface area contributed by atoms with Gasteiger partial charge in [-0.1, -0.05) is 5.16 Å². The van der Waals surface area contributed by atoms with Gasteiger partial charge in [0, 0.05) is 0 Å². The fourth-order valence-electron chi connectivity index (χ4n) is 0.535. The van der Waals surface area contributed by atoms with Gasteiger partial charge in [-0.2, -0.15) is 0 Å². The number of rotatable bonds is 2. The molecule has 0 aliphatic rings. The number of hydrogen-bond acceptors (Lipinski definition) is 3. The Bertz CT molecular complexity index is 245. The number of carbonyl (C=O) groups is 1. The lowest BCUT2D eigenvalue weighted by Crippen LogP contribution is -1.96. The van der Waals surface area contributed by atoms with Crippen molar-refractivity contribution in [3.63, 3.8) is 0 Å². The zero-order valence-corrected chi connectivity index (χ0v) is 4.87. The van der Waals surface area contributed by atoms with Crippen LogP contribution in [0.15, 0.2) is 10.7 Å². The predicted octanol–water partition coefficient (Wildman–Crippen LogP) is 0.842.